The number of hydrogen-bond donors (Lipinski definition) is 0. The molecular formula is C26H33N3O5. The van der Waals surface area contributed by atoms with Crippen molar-refractivity contribution in [1.29, 1.82) is 0 Å². The van der Waals surface area contributed by atoms with Crippen molar-refractivity contribution in [2.75, 3.05) is 19.6 Å². The minimum Gasteiger partial charge on any atom is -0.440 e. The van der Waals surface area contributed by atoms with E-state index in [1.807, 2.05) is 29.2 Å². The van der Waals surface area contributed by atoms with Gasteiger partial charge in [0.15, 0.2) is 11.7 Å². The van der Waals surface area contributed by atoms with E-state index in [0.717, 1.165) is 57.1 Å². The number of amides is 2. The van der Waals surface area contributed by atoms with E-state index in [-0.39, 0.29) is 24.4 Å². The molecule has 2 heterocycles. The standard InChI is InChI=1S/C26H33N3O5/c30-15-14-29(21-17-19(21)24-27-20-10-4-5-11-22(20)33-24)26(32)34-23(16-18-8-2-1-3-9-18)25(31)28-12-6-7-13-28/h4-5,10-11,15,18-19,21,23H,1-3,6-9,12-14,16-17H2/t19?,21-,23-/m0/s1. The second kappa shape index (κ2) is 10.2. The Morgan fingerprint density at radius 1 is 1.15 bits per heavy atom. The van der Waals surface area contributed by atoms with Crippen LogP contribution in [-0.2, 0) is 14.3 Å². The summed E-state index contributed by atoms with van der Waals surface area (Å²) in [6.45, 7) is 1.37. The number of aldehydes is 1. The van der Waals surface area contributed by atoms with Crippen molar-refractivity contribution in [2.45, 2.75) is 75.9 Å². The maximum Gasteiger partial charge on any atom is 0.411 e. The topological polar surface area (TPSA) is 93.0 Å². The van der Waals surface area contributed by atoms with Crippen molar-refractivity contribution in [3.05, 3.63) is 30.2 Å². The summed E-state index contributed by atoms with van der Waals surface area (Å²) in [5.41, 5.74) is 1.48. The van der Waals surface area contributed by atoms with Gasteiger partial charge in [0, 0.05) is 19.1 Å². The van der Waals surface area contributed by atoms with E-state index in [2.05, 4.69) is 4.98 Å². The van der Waals surface area contributed by atoms with Crippen molar-refractivity contribution < 1.29 is 23.5 Å². The zero-order chi connectivity index (χ0) is 23.5. The summed E-state index contributed by atoms with van der Waals surface area (Å²) in [6, 6.07) is 7.32. The van der Waals surface area contributed by atoms with Gasteiger partial charge < -0.3 is 18.8 Å². The number of nitrogens with zero attached hydrogens (tertiary/aromatic N) is 3. The lowest BCUT2D eigenvalue weighted by Crippen LogP contribution is -2.45. The molecule has 1 aromatic carbocycles. The Labute approximate surface area is 199 Å². The van der Waals surface area contributed by atoms with Crippen LogP contribution < -0.4 is 0 Å². The highest BCUT2D eigenvalue weighted by atomic mass is 16.6. The number of para-hydroxylation sites is 2. The molecule has 2 saturated carbocycles. The van der Waals surface area contributed by atoms with Crippen molar-refractivity contribution in [2.24, 2.45) is 5.92 Å². The summed E-state index contributed by atoms with van der Waals surface area (Å²) in [7, 11) is 0. The molecule has 1 saturated heterocycles. The molecule has 2 aromatic rings. The van der Waals surface area contributed by atoms with Crippen molar-refractivity contribution in [1.82, 2.24) is 14.8 Å². The smallest absolute Gasteiger partial charge is 0.411 e. The monoisotopic (exact) mass is 467 g/mol. The molecule has 5 rings (SSSR count). The van der Waals surface area contributed by atoms with E-state index in [0.29, 0.717) is 36.5 Å². The number of benzene rings is 1. The molecule has 1 unspecified atom stereocenters. The van der Waals surface area contributed by atoms with E-state index in [4.69, 9.17) is 9.15 Å². The van der Waals surface area contributed by atoms with Gasteiger partial charge >= 0.3 is 6.09 Å². The number of ether oxygens (including phenoxy) is 1. The summed E-state index contributed by atoms with van der Waals surface area (Å²) < 4.78 is 11.8. The predicted octanol–water partition coefficient (Wildman–Crippen LogP) is 4.28. The summed E-state index contributed by atoms with van der Waals surface area (Å²) in [5, 5.41) is 0. The van der Waals surface area contributed by atoms with Crippen LogP contribution in [-0.4, -0.2) is 64.9 Å². The molecule has 34 heavy (non-hydrogen) atoms. The maximum atomic E-state index is 13.3. The number of carbonyl (C=O) groups is 3. The normalized spacial score (nSPS) is 23.6. The lowest BCUT2D eigenvalue weighted by Gasteiger charge is -2.30. The molecule has 1 aliphatic heterocycles. The first-order chi connectivity index (χ1) is 16.6. The van der Waals surface area contributed by atoms with Crippen LogP contribution in [0, 0.1) is 5.92 Å². The first-order valence-electron chi connectivity index (χ1n) is 12.7. The fraction of sp³-hybridized carbons (Fsp3) is 0.615. The maximum absolute atomic E-state index is 13.3. The minimum absolute atomic E-state index is 0.0751. The van der Waals surface area contributed by atoms with Gasteiger partial charge in [0.25, 0.3) is 5.91 Å². The van der Waals surface area contributed by atoms with Gasteiger partial charge in [-0.15, -0.1) is 0 Å². The Bertz CT molecular complexity index is 991. The number of rotatable bonds is 8. The summed E-state index contributed by atoms with van der Waals surface area (Å²) in [6.07, 6.45) is 8.22. The third kappa shape index (κ3) is 4.95. The summed E-state index contributed by atoms with van der Waals surface area (Å²) in [4.78, 5) is 45.7. The second-order valence-electron chi connectivity index (χ2n) is 9.89. The highest BCUT2D eigenvalue weighted by molar-refractivity contribution is 5.84. The Morgan fingerprint density at radius 3 is 2.65 bits per heavy atom. The van der Waals surface area contributed by atoms with E-state index in [9.17, 15) is 14.4 Å². The molecule has 1 aromatic heterocycles. The van der Waals surface area contributed by atoms with Crippen molar-refractivity contribution in [3.63, 3.8) is 0 Å². The first-order valence-corrected chi connectivity index (χ1v) is 12.7. The number of aromatic nitrogens is 1. The molecule has 3 atom stereocenters. The summed E-state index contributed by atoms with van der Waals surface area (Å²) in [5.74, 6) is 0.799. The molecule has 2 amide bonds. The number of hydrogen-bond acceptors (Lipinski definition) is 6. The molecule has 3 fully saturated rings. The van der Waals surface area contributed by atoms with Crippen LogP contribution in [0.1, 0.15) is 69.6 Å². The number of fused-ring (bicyclic) bond motifs is 1. The zero-order valence-corrected chi connectivity index (χ0v) is 19.6. The molecular weight excluding hydrogens is 434 g/mol. The fourth-order valence-electron chi connectivity index (χ4n) is 5.52. The highest BCUT2D eigenvalue weighted by Crippen LogP contribution is 2.45. The number of likely N-dealkylation sites (tertiary alicyclic amines) is 1. The SMILES string of the molecule is O=CCN(C(=O)O[C@@H](CC1CCCCC1)C(=O)N1CCCC1)[C@H]1CC1c1nc2ccccc2o1. The fourth-order valence-corrected chi connectivity index (χ4v) is 5.52. The largest absolute Gasteiger partial charge is 0.440 e. The highest BCUT2D eigenvalue weighted by Gasteiger charge is 2.49. The van der Waals surface area contributed by atoms with Crippen LogP contribution in [0.4, 0.5) is 4.79 Å². The van der Waals surface area contributed by atoms with E-state index < -0.39 is 12.2 Å². The molecule has 3 aliphatic rings. The summed E-state index contributed by atoms with van der Waals surface area (Å²) >= 11 is 0. The molecule has 182 valence electrons. The predicted molar refractivity (Wildman–Crippen MR) is 125 cm³/mol. The van der Waals surface area contributed by atoms with E-state index >= 15 is 0 Å². The van der Waals surface area contributed by atoms with Crippen LogP contribution >= 0.6 is 0 Å². The second-order valence-corrected chi connectivity index (χ2v) is 9.89. The molecule has 2 aliphatic carbocycles. The average Bonchev–Trinajstić information content (AvgIpc) is 3.25. The molecule has 8 nitrogen and oxygen atoms in total. The first kappa shape index (κ1) is 22.9. The quantitative estimate of drug-likeness (QED) is 0.538. The van der Waals surface area contributed by atoms with Gasteiger partial charge in [-0.1, -0.05) is 44.2 Å². The van der Waals surface area contributed by atoms with Crippen LogP contribution in [0.15, 0.2) is 28.7 Å². The molecule has 0 radical (unpaired) electrons. The van der Waals surface area contributed by atoms with Crippen LogP contribution in [0.3, 0.4) is 0 Å². The Hall–Kier alpha value is -2.90. The zero-order valence-electron chi connectivity index (χ0n) is 19.6. The third-order valence-electron chi connectivity index (χ3n) is 7.50. The van der Waals surface area contributed by atoms with E-state index in [1.54, 1.807) is 0 Å². The molecule has 8 heteroatoms. The van der Waals surface area contributed by atoms with Gasteiger partial charge in [0.1, 0.15) is 11.8 Å². The Kier molecular flexibility index (Phi) is 6.83. The van der Waals surface area contributed by atoms with Crippen molar-refractivity contribution >= 4 is 29.4 Å². The van der Waals surface area contributed by atoms with Gasteiger partial charge in [-0.3, -0.25) is 9.69 Å². The van der Waals surface area contributed by atoms with Gasteiger partial charge in [0.2, 0.25) is 5.89 Å². The lowest BCUT2D eigenvalue weighted by atomic mass is 9.85. The van der Waals surface area contributed by atoms with Crippen LogP contribution in [0.25, 0.3) is 11.1 Å². The third-order valence-corrected chi connectivity index (χ3v) is 7.50. The Morgan fingerprint density at radius 2 is 1.91 bits per heavy atom. The van der Waals surface area contributed by atoms with Gasteiger partial charge in [0.05, 0.1) is 12.5 Å². The van der Waals surface area contributed by atoms with Crippen molar-refractivity contribution in [3.8, 4) is 0 Å². The average molecular weight is 468 g/mol. The lowest BCUT2D eigenvalue weighted by molar-refractivity contribution is -0.141. The van der Waals surface area contributed by atoms with Gasteiger partial charge in [-0.2, -0.15) is 0 Å². The molecule has 0 spiro atoms. The Balaban J connectivity index is 1.28. The van der Waals surface area contributed by atoms with E-state index in [1.165, 1.54) is 11.3 Å². The molecule has 0 N–H and O–H groups in total. The number of carbonyl (C=O) groups excluding carboxylic acids is 3. The van der Waals surface area contributed by atoms with Gasteiger partial charge in [-0.05, 0) is 43.7 Å². The van der Waals surface area contributed by atoms with Crippen LogP contribution in [0.2, 0.25) is 0 Å². The number of oxazole rings is 1. The van der Waals surface area contributed by atoms with Gasteiger partial charge in [-0.25, -0.2) is 9.78 Å². The molecule has 0 bridgehead atoms. The van der Waals surface area contributed by atoms with Crippen LogP contribution in [0.5, 0.6) is 0 Å². The minimum atomic E-state index is -0.788.